The normalized spacial score (nSPS) is 20.6. The van der Waals surface area contributed by atoms with E-state index in [0.717, 1.165) is 44.7 Å². The first kappa shape index (κ1) is 14.0. The second kappa shape index (κ2) is 6.22. The molecule has 0 radical (unpaired) electrons. The Labute approximate surface area is 123 Å². The van der Waals surface area contributed by atoms with Crippen LogP contribution in [0.3, 0.4) is 0 Å². The molecule has 0 spiro atoms. The number of fused-ring (bicyclic) bond motifs is 1. The van der Waals surface area contributed by atoms with Crippen LogP contribution < -0.4 is 5.43 Å². The van der Waals surface area contributed by atoms with Crippen molar-refractivity contribution in [2.24, 2.45) is 0 Å². The van der Waals surface area contributed by atoms with Crippen molar-refractivity contribution < 1.29 is 9.53 Å². The Morgan fingerprint density at radius 2 is 2.20 bits per heavy atom. The number of nitrogens with zero attached hydrogens (tertiary/aromatic N) is 2. The molecule has 0 saturated carbocycles. The summed E-state index contributed by atoms with van der Waals surface area (Å²) < 4.78 is 5.29. The maximum absolute atomic E-state index is 12.4. The molecule has 1 aromatic heterocycles. The Balaban J connectivity index is 1.68. The maximum atomic E-state index is 12.4. The summed E-state index contributed by atoms with van der Waals surface area (Å²) in [5.41, 5.74) is 5.13. The predicted octanol–water partition coefficient (Wildman–Crippen LogP) is 1.10. The largest absolute Gasteiger partial charge is 0.379 e. The number of carbonyl (C=O) groups excluding carboxylic acids is 1. The van der Waals surface area contributed by atoms with Crippen molar-refractivity contribution in [1.29, 1.82) is 0 Å². The van der Waals surface area contributed by atoms with Gasteiger partial charge >= 0.3 is 0 Å². The number of morpholine rings is 1. The van der Waals surface area contributed by atoms with Gasteiger partial charge in [0.15, 0.2) is 0 Å². The van der Waals surface area contributed by atoms with Crippen molar-refractivity contribution in [2.75, 3.05) is 39.4 Å². The third-order valence-electron chi connectivity index (χ3n) is 3.99. The molecule has 0 aliphatic carbocycles. The molecule has 0 bridgehead atoms. The summed E-state index contributed by atoms with van der Waals surface area (Å²) in [7, 11) is 0. The molecule has 1 amide bonds. The Bertz CT molecular complexity index is 483. The van der Waals surface area contributed by atoms with Crippen molar-refractivity contribution in [3.63, 3.8) is 0 Å². The summed E-state index contributed by atoms with van der Waals surface area (Å²) in [6, 6.07) is 0. The molecule has 3 heterocycles. The molecule has 1 aromatic rings. The average molecular weight is 295 g/mol. The van der Waals surface area contributed by atoms with Crippen LogP contribution in [0.15, 0.2) is 5.38 Å². The van der Waals surface area contributed by atoms with E-state index in [1.165, 1.54) is 10.4 Å². The summed E-state index contributed by atoms with van der Waals surface area (Å²) >= 11 is 1.72. The maximum Gasteiger partial charge on any atom is 0.266 e. The topological polar surface area (TPSA) is 44.8 Å². The predicted molar refractivity (Wildman–Crippen MR) is 78.8 cm³/mol. The van der Waals surface area contributed by atoms with Gasteiger partial charge in [0.2, 0.25) is 0 Å². The molecule has 1 N–H and O–H groups in total. The van der Waals surface area contributed by atoms with E-state index in [-0.39, 0.29) is 5.91 Å². The standard InChI is InChI=1S/C14H21N3O2S/c1-2-16-4-3-11-12(10-20-13(11)9-16)14(18)15-17-5-7-19-8-6-17/h10H,2-9H2,1H3,(H,15,18). The summed E-state index contributed by atoms with van der Waals surface area (Å²) in [6.07, 6.45) is 0.985. The summed E-state index contributed by atoms with van der Waals surface area (Å²) in [6.45, 7) is 8.21. The lowest BCUT2D eigenvalue weighted by atomic mass is 10.0. The van der Waals surface area contributed by atoms with Crippen LogP contribution in [0.5, 0.6) is 0 Å². The lowest BCUT2D eigenvalue weighted by molar-refractivity contribution is 0.0126. The molecule has 0 atom stereocenters. The Kier molecular flexibility index (Phi) is 4.35. The molecule has 0 aromatic carbocycles. The minimum absolute atomic E-state index is 0.0364. The number of hydrogen-bond acceptors (Lipinski definition) is 5. The molecule has 2 aliphatic heterocycles. The molecule has 20 heavy (non-hydrogen) atoms. The number of nitrogens with one attached hydrogen (secondary N) is 1. The molecule has 5 nitrogen and oxygen atoms in total. The van der Waals surface area contributed by atoms with Crippen molar-refractivity contribution >= 4 is 17.2 Å². The smallest absolute Gasteiger partial charge is 0.266 e. The summed E-state index contributed by atoms with van der Waals surface area (Å²) in [4.78, 5) is 16.2. The zero-order valence-electron chi connectivity index (χ0n) is 11.9. The molecule has 6 heteroatoms. The third-order valence-corrected chi connectivity index (χ3v) is 5.00. The first-order valence-electron chi connectivity index (χ1n) is 7.23. The van der Waals surface area contributed by atoms with Crippen LogP contribution in [0.1, 0.15) is 27.7 Å². The summed E-state index contributed by atoms with van der Waals surface area (Å²) in [5.74, 6) is 0.0364. The average Bonchev–Trinajstić information content (AvgIpc) is 2.91. The van der Waals surface area contributed by atoms with E-state index >= 15 is 0 Å². The Hall–Kier alpha value is -0.950. The SMILES string of the molecule is CCN1CCc2c(C(=O)NN3CCOCC3)csc2C1. The number of hydrazine groups is 1. The van der Waals surface area contributed by atoms with Crippen molar-refractivity contribution in [1.82, 2.24) is 15.3 Å². The van der Waals surface area contributed by atoms with Crippen LogP contribution in [0.2, 0.25) is 0 Å². The Morgan fingerprint density at radius 3 is 2.95 bits per heavy atom. The number of ether oxygens (including phenoxy) is 1. The van der Waals surface area contributed by atoms with E-state index in [0.29, 0.717) is 13.2 Å². The van der Waals surface area contributed by atoms with Crippen molar-refractivity contribution in [3.05, 3.63) is 21.4 Å². The van der Waals surface area contributed by atoms with Crippen LogP contribution >= 0.6 is 11.3 Å². The highest BCUT2D eigenvalue weighted by Gasteiger charge is 2.24. The molecular weight excluding hydrogens is 274 g/mol. The second-order valence-corrected chi connectivity index (χ2v) is 6.17. The first-order valence-corrected chi connectivity index (χ1v) is 8.11. The minimum atomic E-state index is 0.0364. The fourth-order valence-electron chi connectivity index (χ4n) is 2.72. The van der Waals surface area contributed by atoms with Crippen LogP contribution in [0.4, 0.5) is 0 Å². The van der Waals surface area contributed by atoms with E-state index in [4.69, 9.17) is 4.74 Å². The van der Waals surface area contributed by atoms with Gasteiger partial charge in [-0.25, -0.2) is 5.01 Å². The lowest BCUT2D eigenvalue weighted by Crippen LogP contribution is -2.48. The molecule has 110 valence electrons. The quantitative estimate of drug-likeness (QED) is 0.907. The third kappa shape index (κ3) is 2.88. The molecular formula is C14H21N3O2S. The van der Waals surface area contributed by atoms with Crippen LogP contribution in [0, 0.1) is 0 Å². The molecule has 1 fully saturated rings. The highest BCUT2D eigenvalue weighted by molar-refractivity contribution is 7.10. The van der Waals surface area contributed by atoms with Gasteiger partial charge < -0.3 is 4.74 Å². The van der Waals surface area contributed by atoms with Gasteiger partial charge in [-0.1, -0.05) is 6.92 Å². The second-order valence-electron chi connectivity index (χ2n) is 5.21. The van der Waals surface area contributed by atoms with Gasteiger partial charge in [-0.3, -0.25) is 15.1 Å². The molecule has 1 saturated heterocycles. The van der Waals surface area contributed by atoms with Gasteiger partial charge in [-0.15, -0.1) is 11.3 Å². The fourth-order valence-corrected chi connectivity index (χ4v) is 3.84. The monoisotopic (exact) mass is 295 g/mol. The van der Waals surface area contributed by atoms with Gasteiger partial charge in [0, 0.05) is 36.4 Å². The minimum Gasteiger partial charge on any atom is -0.379 e. The van der Waals surface area contributed by atoms with Crippen molar-refractivity contribution in [3.8, 4) is 0 Å². The molecule has 3 rings (SSSR count). The number of hydrogen-bond donors (Lipinski definition) is 1. The zero-order chi connectivity index (χ0) is 13.9. The van der Waals surface area contributed by atoms with Gasteiger partial charge in [0.25, 0.3) is 5.91 Å². The van der Waals surface area contributed by atoms with Gasteiger partial charge in [-0.05, 0) is 18.5 Å². The van der Waals surface area contributed by atoms with Gasteiger partial charge in [0.1, 0.15) is 0 Å². The van der Waals surface area contributed by atoms with Crippen LogP contribution in [-0.2, 0) is 17.7 Å². The molecule has 2 aliphatic rings. The number of carbonyl (C=O) groups is 1. The fraction of sp³-hybridized carbons (Fsp3) is 0.643. The van der Waals surface area contributed by atoms with E-state index in [9.17, 15) is 4.79 Å². The van der Waals surface area contributed by atoms with E-state index in [2.05, 4.69) is 17.2 Å². The first-order chi connectivity index (χ1) is 9.78. The highest BCUT2D eigenvalue weighted by Crippen LogP contribution is 2.28. The number of likely N-dealkylation sites (N-methyl/N-ethyl adjacent to an activating group) is 1. The van der Waals surface area contributed by atoms with E-state index in [1.807, 2.05) is 10.4 Å². The van der Waals surface area contributed by atoms with Crippen LogP contribution in [0.25, 0.3) is 0 Å². The van der Waals surface area contributed by atoms with Gasteiger partial charge in [-0.2, -0.15) is 0 Å². The molecule has 0 unspecified atom stereocenters. The highest BCUT2D eigenvalue weighted by atomic mass is 32.1. The van der Waals surface area contributed by atoms with Crippen LogP contribution in [-0.4, -0.2) is 55.2 Å². The lowest BCUT2D eigenvalue weighted by Gasteiger charge is -2.28. The van der Waals surface area contributed by atoms with Gasteiger partial charge in [0.05, 0.1) is 18.8 Å². The number of rotatable bonds is 3. The number of amides is 1. The number of thiophene rings is 1. The summed E-state index contributed by atoms with van der Waals surface area (Å²) in [5, 5.41) is 3.97. The van der Waals surface area contributed by atoms with E-state index in [1.54, 1.807) is 11.3 Å². The zero-order valence-corrected chi connectivity index (χ0v) is 12.7. The van der Waals surface area contributed by atoms with E-state index < -0.39 is 0 Å². The van der Waals surface area contributed by atoms with Crippen molar-refractivity contribution in [2.45, 2.75) is 19.9 Å². The Morgan fingerprint density at radius 1 is 1.40 bits per heavy atom.